The Bertz CT molecular complexity index is 559. The van der Waals surface area contributed by atoms with E-state index in [1.807, 2.05) is 6.92 Å². The van der Waals surface area contributed by atoms with Crippen LogP contribution in [0.1, 0.15) is 23.6 Å². The molecule has 1 fully saturated rings. The summed E-state index contributed by atoms with van der Waals surface area (Å²) in [7, 11) is 0. The molecule has 0 aliphatic carbocycles. The third-order valence-corrected chi connectivity index (χ3v) is 3.43. The molecule has 1 aromatic heterocycles. The molecule has 2 aromatic rings. The van der Waals surface area contributed by atoms with Gasteiger partial charge in [-0.05, 0) is 55.6 Å². The number of aromatic nitrogens is 1. The largest absolute Gasteiger partial charge is 0.316 e. The lowest BCUT2D eigenvalue weighted by molar-refractivity contribution is 0.629. The first-order chi connectivity index (χ1) is 8.24. The van der Waals surface area contributed by atoms with Crippen LogP contribution < -0.4 is 5.32 Å². The molecule has 2 heterocycles. The number of benzene rings is 1. The molecule has 1 unspecified atom stereocenters. The number of pyridine rings is 1. The van der Waals surface area contributed by atoms with Crippen molar-refractivity contribution >= 4 is 10.9 Å². The highest BCUT2D eigenvalue weighted by Crippen LogP contribution is 2.29. The first-order valence-electron chi connectivity index (χ1n) is 6.01. The van der Waals surface area contributed by atoms with Crippen molar-refractivity contribution in [1.82, 2.24) is 10.3 Å². The Balaban J connectivity index is 2.23. The second-order valence-electron chi connectivity index (χ2n) is 4.70. The van der Waals surface area contributed by atoms with Crippen molar-refractivity contribution in [2.24, 2.45) is 0 Å². The van der Waals surface area contributed by atoms with Gasteiger partial charge in [0.2, 0.25) is 0 Å². The maximum atomic E-state index is 13.4. The Hall–Kier alpha value is -1.48. The molecule has 17 heavy (non-hydrogen) atoms. The van der Waals surface area contributed by atoms with Crippen LogP contribution in [0.3, 0.4) is 0 Å². The molecule has 1 atom stereocenters. The summed E-state index contributed by atoms with van der Waals surface area (Å²) < 4.78 is 13.4. The van der Waals surface area contributed by atoms with Gasteiger partial charge in [0, 0.05) is 17.6 Å². The molecule has 1 aromatic carbocycles. The van der Waals surface area contributed by atoms with E-state index < -0.39 is 0 Å². The van der Waals surface area contributed by atoms with Gasteiger partial charge in [0.05, 0.1) is 5.52 Å². The van der Waals surface area contributed by atoms with E-state index in [1.165, 1.54) is 11.6 Å². The number of aryl methyl sites for hydroxylation is 1. The Kier molecular flexibility index (Phi) is 2.56. The van der Waals surface area contributed by atoms with Crippen LogP contribution in [-0.4, -0.2) is 18.1 Å². The van der Waals surface area contributed by atoms with Crippen LogP contribution in [0.25, 0.3) is 10.9 Å². The van der Waals surface area contributed by atoms with Crippen molar-refractivity contribution in [3.63, 3.8) is 0 Å². The summed E-state index contributed by atoms with van der Waals surface area (Å²) in [4.78, 5) is 4.46. The van der Waals surface area contributed by atoms with Crippen molar-refractivity contribution in [2.45, 2.75) is 19.3 Å². The Labute approximate surface area is 99.9 Å². The monoisotopic (exact) mass is 230 g/mol. The van der Waals surface area contributed by atoms with Gasteiger partial charge in [-0.15, -0.1) is 0 Å². The molecule has 1 aliphatic rings. The van der Waals surface area contributed by atoms with Gasteiger partial charge in [0.15, 0.2) is 0 Å². The number of rotatable bonds is 1. The fourth-order valence-electron chi connectivity index (χ4n) is 2.62. The molecule has 0 amide bonds. The summed E-state index contributed by atoms with van der Waals surface area (Å²) in [5, 5.41) is 4.32. The first-order valence-corrected chi connectivity index (χ1v) is 6.01. The lowest BCUT2D eigenvalue weighted by Gasteiger charge is -2.13. The Morgan fingerprint density at radius 1 is 1.35 bits per heavy atom. The highest BCUT2D eigenvalue weighted by molar-refractivity contribution is 5.83. The minimum atomic E-state index is -0.185. The van der Waals surface area contributed by atoms with E-state index >= 15 is 0 Å². The summed E-state index contributed by atoms with van der Waals surface area (Å²) in [5.74, 6) is 0.302. The van der Waals surface area contributed by atoms with Gasteiger partial charge in [-0.2, -0.15) is 0 Å². The van der Waals surface area contributed by atoms with E-state index in [1.54, 1.807) is 12.1 Å². The van der Waals surface area contributed by atoms with Crippen LogP contribution in [0.5, 0.6) is 0 Å². The number of nitrogens with one attached hydrogen (secondary N) is 1. The second kappa shape index (κ2) is 4.08. The van der Waals surface area contributed by atoms with Crippen molar-refractivity contribution in [3.05, 3.63) is 41.3 Å². The first kappa shape index (κ1) is 10.7. The van der Waals surface area contributed by atoms with Crippen molar-refractivity contribution < 1.29 is 4.39 Å². The average Bonchev–Trinajstić information content (AvgIpc) is 2.82. The number of nitrogens with zero attached hydrogens (tertiary/aromatic N) is 1. The zero-order chi connectivity index (χ0) is 11.8. The average molecular weight is 230 g/mol. The van der Waals surface area contributed by atoms with E-state index in [0.29, 0.717) is 5.92 Å². The molecule has 0 spiro atoms. The predicted molar refractivity (Wildman–Crippen MR) is 66.7 cm³/mol. The van der Waals surface area contributed by atoms with E-state index in [9.17, 15) is 4.39 Å². The normalized spacial score (nSPS) is 20.0. The highest BCUT2D eigenvalue weighted by Gasteiger charge is 2.19. The Morgan fingerprint density at radius 2 is 2.24 bits per heavy atom. The highest BCUT2D eigenvalue weighted by atomic mass is 19.1. The summed E-state index contributed by atoms with van der Waals surface area (Å²) in [6.45, 7) is 4.02. The molecule has 88 valence electrons. The zero-order valence-electron chi connectivity index (χ0n) is 9.83. The minimum absolute atomic E-state index is 0.185. The molecule has 0 radical (unpaired) electrons. The van der Waals surface area contributed by atoms with Crippen LogP contribution in [-0.2, 0) is 0 Å². The number of fused-ring (bicyclic) bond motifs is 1. The number of hydrogen-bond acceptors (Lipinski definition) is 2. The fourth-order valence-corrected chi connectivity index (χ4v) is 2.62. The van der Waals surface area contributed by atoms with Crippen LogP contribution in [0.15, 0.2) is 24.3 Å². The van der Waals surface area contributed by atoms with Crippen LogP contribution in [0.2, 0.25) is 0 Å². The zero-order valence-corrected chi connectivity index (χ0v) is 9.83. The van der Waals surface area contributed by atoms with Crippen LogP contribution in [0.4, 0.5) is 4.39 Å². The molecule has 3 heteroatoms. The quantitative estimate of drug-likeness (QED) is 0.814. The summed E-state index contributed by atoms with van der Waals surface area (Å²) in [5.41, 5.74) is 3.14. The predicted octanol–water partition coefficient (Wildman–Crippen LogP) is 2.76. The SMILES string of the molecule is Cc1cc(C2CCNC2)c2cc(F)ccc2n1. The third kappa shape index (κ3) is 1.91. The van der Waals surface area contributed by atoms with Crippen LogP contribution >= 0.6 is 0 Å². The van der Waals surface area contributed by atoms with Gasteiger partial charge in [0.25, 0.3) is 0 Å². The summed E-state index contributed by atoms with van der Waals surface area (Å²) in [6, 6.07) is 6.95. The lowest BCUT2D eigenvalue weighted by Crippen LogP contribution is -2.08. The Morgan fingerprint density at radius 3 is 3.00 bits per heavy atom. The van der Waals surface area contributed by atoms with Gasteiger partial charge in [0.1, 0.15) is 5.82 Å². The molecule has 2 nitrogen and oxygen atoms in total. The third-order valence-electron chi connectivity index (χ3n) is 3.43. The fraction of sp³-hybridized carbons (Fsp3) is 0.357. The smallest absolute Gasteiger partial charge is 0.123 e. The van der Waals surface area contributed by atoms with Crippen molar-refractivity contribution in [1.29, 1.82) is 0 Å². The van der Waals surface area contributed by atoms with E-state index in [2.05, 4.69) is 16.4 Å². The molecular formula is C14H15FN2. The maximum Gasteiger partial charge on any atom is 0.123 e. The van der Waals surface area contributed by atoms with E-state index in [0.717, 1.165) is 36.1 Å². The van der Waals surface area contributed by atoms with Gasteiger partial charge in [-0.3, -0.25) is 4.98 Å². The number of hydrogen-bond donors (Lipinski definition) is 1. The van der Waals surface area contributed by atoms with Crippen molar-refractivity contribution in [3.8, 4) is 0 Å². The minimum Gasteiger partial charge on any atom is -0.316 e. The van der Waals surface area contributed by atoms with Crippen molar-refractivity contribution in [2.75, 3.05) is 13.1 Å². The molecular weight excluding hydrogens is 215 g/mol. The van der Waals surface area contributed by atoms with Gasteiger partial charge in [-0.25, -0.2) is 4.39 Å². The maximum absolute atomic E-state index is 13.4. The molecule has 0 bridgehead atoms. The van der Waals surface area contributed by atoms with E-state index in [-0.39, 0.29) is 5.82 Å². The van der Waals surface area contributed by atoms with Gasteiger partial charge < -0.3 is 5.32 Å². The standard InChI is InChI=1S/C14H15FN2/c1-9-6-12(10-4-5-16-8-10)13-7-11(15)2-3-14(13)17-9/h2-3,6-7,10,16H,4-5,8H2,1H3. The number of halogens is 1. The molecule has 1 N–H and O–H groups in total. The lowest BCUT2D eigenvalue weighted by atomic mass is 9.94. The second-order valence-corrected chi connectivity index (χ2v) is 4.70. The molecule has 3 rings (SSSR count). The van der Waals surface area contributed by atoms with Crippen LogP contribution in [0, 0.1) is 12.7 Å². The van der Waals surface area contributed by atoms with E-state index in [4.69, 9.17) is 0 Å². The molecule has 1 saturated heterocycles. The molecule has 1 aliphatic heterocycles. The van der Waals surface area contributed by atoms with Gasteiger partial charge in [-0.1, -0.05) is 0 Å². The summed E-state index contributed by atoms with van der Waals surface area (Å²) in [6.07, 6.45) is 1.12. The molecule has 0 saturated carbocycles. The van der Waals surface area contributed by atoms with Gasteiger partial charge >= 0.3 is 0 Å². The topological polar surface area (TPSA) is 24.9 Å². The summed E-state index contributed by atoms with van der Waals surface area (Å²) >= 11 is 0.